The smallest absolute Gasteiger partial charge is 0.332 e. The maximum Gasteiger partial charge on any atom is 0.332 e. The molecule has 6 heteroatoms. The fourth-order valence-electron chi connectivity index (χ4n) is 0.965. The van der Waals surface area contributed by atoms with Crippen LogP contribution in [0.15, 0.2) is 0 Å². The van der Waals surface area contributed by atoms with E-state index in [0.29, 0.717) is 0 Å². The maximum atomic E-state index is 10.2. The average Bonchev–Trinajstić information content (AvgIpc) is 2.02. The lowest BCUT2D eigenvalue weighted by Gasteiger charge is -2.11. The molecule has 0 fully saturated rings. The number of hydrogen-bond donors (Lipinski definition) is 4. The summed E-state index contributed by atoms with van der Waals surface area (Å²) < 4.78 is 0. The minimum absolute atomic E-state index is 0.0692. The van der Waals surface area contributed by atoms with Gasteiger partial charge < -0.3 is 20.4 Å². The van der Waals surface area contributed by atoms with Gasteiger partial charge in [-0.15, -0.1) is 0 Å². The Kier molecular flexibility index (Phi) is 5.82. The van der Waals surface area contributed by atoms with Crippen LogP contribution in [-0.2, 0) is 9.59 Å². The molecular weight excluding hydrogens is 192 g/mol. The molecular formula is C8H14O6. The Morgan fingerprint density at radius 3 is 2.14 bits per heavy atom. The van der Waals surface area contributed by atoms with Crippen molar-refractivity contribution in [2.45, 2.75) is 37.9 Å². The molecule has 0 radical (unpaired) electrons. The Balaban J connectivity index is 3.59. The van der Waals surface area contributed by atoms with Crippen LogP contribution in [0.3, 0.4) is 0 Å². The third-order valence-corrected chi connectivity index (χ3v) is 1.71. The largest absolute Gasteiger partial charge is 0.481 e. The van der Waals surface area contributed by atoms with Crippen molar-refractivity contribution in [2.24, 2.45) is 0 Å². The van der Waals surface area contributed by atoms with E-state index in [4.69, 9.17) is 20.4 Å². The highest BCUT2D eigenvalue weighted by Gasteiger charge is 2.17. The molecule has 0 saturated heterocycles. The molecule has 0 aromatic rings. The van der Waals surface area contributed by atoms with Crippen LogP contribution in [0.5, 0.6) is 0 Å². The zero-order valence-electron chi connectivity index (χ0n) is 7.59. The van der Waals surface area contributed by atoms with E-state index in [1.165, 1.54) is 0 Å². The monoisotopic (exact) mass is 206 g/mol. The highest BCUT2D eigenvalue weighted by molar-refractivity contribution is 5.71. The lowest BCUT2D eigenvalue weighted by molar-refractivity contribution is -0.148. The third kappa shape index (κ3) is 6.38. The molecule has 82 valence electrons. The van der Waals surface area contributed by atoms with E-state index in [1.807, 2.05) is 0 Å². The van der Waals surface area contributed by atoms with Gasteiger partial charge in [-0.2, -0.15) is 0 Å². The molecule has 2 unspecified atom stereocenters. The van der Waals surface area contributed by atoms with Gasteiger partial charge in [0, 0.05) is 12.8 Å². The lowest BCUT2D eigenvalue weighted by atomic mass is 10.1. The van der Waals surface area contributed by atoms with Gasteiger partial charge in [0.15, 0.2) is 6.10 Å². The first-order chi connectivity index (χ1) is 6.43. The molecule has 0 aliphatic heterocycles. The summed E-state index contributed by atoms with van der Waals surface area (Å²) >= 11 is 0. The highest BCUT2D eigenvalue weighted by atomic mass is 16.4. The summed E-state index contributed by atoms with van der Waals surface area (Å²) in [4.78, 5) is 20.2. The molecule has 0 aromatic heterocycles. The van der Waals surface area contributed by atoms with E-state index >= 15 is 0 Å². The zero-order valence-corrected chi connectivity index (χ0v) is 7.59. The summed E-state index contributed by atoms with van der Waals surface area (Å²) in [6.45, 7) is 0. The Morgan fingerprint density at radius 1 is 1.14 bits per heavy atom. The minimum atomic E-state index is -1.59. The first-order valence-electron chi connectivity index (χ1n) is 4.24. The number of aliphatic carboxylic acids is 2. The van der Waals surface area contributed by atoms with Gasteiger partial charge in [-0.1, -0.05) is 0 Å². The summed E-state index contributed by atoms with van der Waals surface area (Å²) in [5.41, 5.74) is 0. The van der Waals surface area contributed by atoms with Crippen LogP contribution in [-0.4, -0.2) is 44.6 Å². The molecule has 0 amide bonds. The average molecular weight is 206 g/mol. The van der Waals surface area contributed by atoms with Gasteiger partial charge in [-0.25, -0.2) is 4.79 Å². The van der Waals surface area contributed by atoms with Crippen LogP contribution in [0.2, 0.25) is 0 Å². The predicted octanol–water partition coefficient (Wildman–Crippen LogP) is -0.562. The molecule has 0 rings (SSSR count). The zero-order chi connectivity index (χ0) is 11.1. The van der Waals surface area contributed by atoms with Crippen molar-refractivity contribution in [1.82, 2.24) is 0 Å². The second-order valence-corrected chi connectivity index (χ2v) is 3.03. The second-order valence-electron chi connectivity index (χ2n) is 3.03. The molecule has 14 heavy (non-hydrogen) atoms. The summed E-state index contributed by atoms with van der Waals surface area (Å²) in [5, 5.41) is 34.6. The molecule has 0 spiro atoms. The summed E-state index contributed by atoms with van der Waals surface area (Å²) in [6, 6.07) is 0. The van der Waals surface area contributed by atoms with Gasteiger partial charge in [0.05, 0.1) is 6.10 Å². The molecule has 0 heterocycles. The van der Waals surface area contributed by atoms with Gasteiger partial charge in [0.1, 0.15) is 0 Å². The van der Waals surface area contributed by atoms with E-state index in [1.54, 1.807) is 0 Å². The van der Waals surface area contributed by atoms with Gasteiger partial charge >= 0.3 is 11.9 Å². The van der Waals surface area contributed by atoms with E-state index < -0.39 is 24.1 Å². The highest BCUT2D eigenvalue weighted by Crippen LogP contribution is 2.07. The number of aliphatic hydroxyl groups excluding tert-OH is 2. The van der Waals surface area contributed by atoms with Crippen LogP contribution in [0.4, 0.5) is 0 Å². The van der Waals surface area contributed by atoms with Gasteiger partial charge in [-0.05, 0) is 12.8 Å². The van der Waals surface area contributed by atoms with Crippen molar-refractivity contribution in [3.63, 3.8) is 0 Å². The normalized spacial score (nSPS) is 14.7. The van der Waals surface area contributed by atoms with Crippen molar-refractivity contribution in [2.75, 3.05) is 0 Å². The second kappa shape index (κ2) is 6.33. The fourth-order valence-corrected chi connectivity index (χ4v) is 0.965. The maximum absolute atomic E-state index is 10.2. The molecule has 0 bridgehead atoms. The van der Waals surface area contributed by atoms with Gasteiger partial charge in [0.2, 0.25) is 0 Å². The van der Waals surface area contributed by atoms with Gasteiger partial charge in [0.25, 0.3) is 0 Å². The van der Waals surface area contributed by atoms with Crippen LogP contribution >= 0.6 is 0 Å². The van der Waals surface area contributed by atoms with Crippen molar-refractivity contribution in [3.8, 4) is 0 Å². The number of rotatable bonds is 7. The number of carboxylic acids is 2. The molecule has 0 aliphatic carbocycles. The summed E-state index contributed by atoms with van der Waals surface area (Å²) in [7, 11) is 0. The van der Waals surface area contributed by atoms with Crippen molar-refractivity contribution >= 4 is 11.9 Å². The van der Waals surface area contributed by atoms with Crippen molar-refractivity contribution in [1.29, 1.82) is 0 Å². The van der Waals surface area contributed by atoms with Crippen LogP contribution in [0.25, 0.3) is 0 Å². The van der Waals surface area contributed by atoms with Crippen molar-refractivity contribution < 1.29 is 30.0 Å². The van der Waals surface area contributed by atoms with Crippen molar-refractivity contribution in [3.05, 3.63) is 0 Å². The Hall–Kier alpha value is -1.14. The lowest BCUT2D eigenvalue weighted by Crippen LogP contribution is -2.25. The number of carbonyl (C=O) groups is 2. The summed E-state index contributed by atoms with van der Waals surface area (Å²) in [6.07, 6.45) is -2.45. The van der Waals surface area contributed by atoms with Crippen LogP contribution in [0, 0.1) is 0 Å². The SMILES string of the molecule is O=C(O)CCCC(O)CC(O)C(=O)O. The molecule has 0 saturated carbocycles. The van der Waals surface area contributed by atoms with Crippen LogP contribution in [0.1, 0.15) is 25.7 Å². The Morgan fingerprint density at radius 2 is 1.71 bits per heavy atom. The molecule has 4 N–H and O–H groups in total. The molecule has 2 atom stereocenters. The molecule has 0 aliphatic rings. The summed E-state index contributed by atoms with van der Waals surface area (Å²) in [5.74, 6) is -2.35. The Bertz CT molecular complexity index is 202. The standard InChI is InChI=1S/C8H14O6/c9-5(2-1-3-7(11)12)4-6(10)8(13)14/h5-6,9-10H,1-4H2,(H,11,12)(H,13,14). The Labute approximate surface area is 80.8 Å². The topological polar surface area (TPSA) is 115 Å². The number of aliphatic hydroxyl groups is 2. The first kappa shape index (κ1) is 12.9. The van der Waals surface area contributed by atoms with Crippen LogP contribution < -0.4 is 0 Å². The van der Waals surface area contributed by atoms with E-state index in [0.717, 1.165) is 0 Å². The first-order valence-corrected chi connectivity index (χ1v) is 4.24. The van der Waals surface area contributed by atoms with Gasteiger partial charge in [-0.3, -0.25) is 4.79 Å². The molecule has 6 nitrogen and oxygen atoms in total. The third-order valence-electron chi connectivity index (χ3n) is 1.71. The van der Waals surface area contributed by atoms with E-state index in [-0.39, 0.29) is 25.7 Å². The fraction of sp³-hybridized carbons (Fsp3) is 0.750. The predicted molar refractivity (Wildman–Crippen MR) is 45.8 cm³/mol. The number of hydrogen-bond acceptors (Lipinski definition) is 4. The minimum Gasteiger partial charge on any atom is -0.481 e. The number of carboxylic acid groups (broad SMARTS) is 2. The van der Waals surface area contributed by atoms with E-state index in [2.05, 4.69) is 0 Å². The molecule has 0 aromatic carbocycles. The quantitative estimate of drug-likeness (QED) is 0.443. The van der Waals surface area contributed by atoms with E-state index in [9.17, 15) is 9.59 Å².